The molecule has 0 amide bonds. The van der Waals surface area contributed by atoms with E-state index in [0.717, 1.165) is 28.4 Å². The smallest absolute Gasteiger partial charge is 0.251 e. The van der Waals surface area contributed by atoms with Crippen molar-refractivity contribution in [2.75, 3.05) is 19.6 Å². The van der Waals surface area contributed by atoms with Crippen LogP contribution in [0.5, 0.6) is 0 Å². The summed E-state index contributed by atoms with van der Waals surface area (Å²) < 4.78 is 0. The van der Waals surface area contributed by atoms with Crippen LogP contribution in [0.2, 0.25) is 5.82 Å². The second-order valence-electron chi connectivity index (χ2n) is 27.7. The number of thioether (sulfide) groups is 1. The monoisotopic (exact) mass is 1270 g/mol. The Morgan fingerprint density at radius 2 is 0.979 bits per heavy atom. The van der Waals surface area contributed by atoms with Gasteiger partial charge >= 0.3 is 0 Å². The normalized spacial score (nSPS) is 16.6. The highest BCUT2D eigenvalue weighted by Crippen LogP contribution is 2.57. The quantitative estimate of drug-likeness (QED) is 0.119. The number of anilines is 11. The molecule has 4 nitrogen and oxygen atoms in total. The third kappa shape index (κ3) is 10.1. The van der Waals surface area contributed by atoms with Gasteiger partial charge in [-0.2, -0.15) is 0 Å². The second-order valence-corrected chi connectivity index (χ2v) is 30.0. The molecule has 8 heteroatoms. The van der Waals surface area contributed by atoms with Gasteiger partial charge in [0.15, 0.2) is 0 Å². The van der Waals surface area contributed by atoms with E-state index < -0.39 is 0 Å². The van der Waals surface area contributed by atoms with E-state index in [0.29, 0.717) is 5.92 Å². The second kappa shape index (κ2) is 24.1. The molecule has 0 aromatic heterocycles. The highest BCUT2D eigenvalue weighted by molar-refractivity contribution is 8.01. The van der Waals surface area contributed by atoms with Crippen LogP contribution >= 0.6 is 23.5 Å². The molecule has 18 rings (SSSR count). The van der Waals surface area contributed by atoms with E-state index in [9.17, 15) is 0 Å². The number of hydrogen-bond acceptors (Lipinski definition) is 6. The molecule has 96 heavy (non-hydrogen) atoms. The molecule has 0 N–H and O–H groups in total. The van der Waals surface area contributed by atoms with Crippen LogP contribution in [-0.4, -0.2) is 18.7 Å². The van der Waals surface area contributed by atoms with Gasteiger partial charge in [-0.15, -0.1) is 11.8 Å². The number of fused-ring (bicyclic) bond motifs is 8. The van der Waals surface area contributed by atoms with Gasteiger partial charge in [-0.1, -0.05) is 257 Å². The van der Waals surface area contributed by atoms with Crippen LogP contribution in [0.4, 0.5) is 62.6 Å². The molecule has 12 aromatic carbocycles. The number of hydrogen-bond donors (Lipinski definition) is 0. The number of benzene rings is 12. The topological polar surface area (TPSA) is 13.0 Å². The summed E-state index contributed by atoms with van der Waals surface area (Å²) in [6.07, 6.45) is 11.8. The molecule has 2 atom stereocenters. The van der Waals surface area contributed by atoms with Crippen LogP contribution in [0, 0.1) is 0 Å². The molecule has 1 fully saturated rings. The molecule has 0 bridgehead atoms. The molecule has 2 unspecified atom stereocenters. The zero-order valence-electron chi connectivity index (χ0n) is 54.4. The molecule has 0 radical (unpaired) electrons. The van der Waals surface area contributed by atoms with Crippen molar-refractivity contribution in [3.8, 4) is 22.3 Å². The summed E-state index contributed by atoms with van der Waals surface area (Å²) in [7, 11) is 0. The maximum absolute atomic E-state index is 2.79. The molecule has 4 aliphatic heterocycles. The summed E-state index contributed by atoms with van der Waals surface area (Å²) in [6, 6.07) is 110. The molecule has 0 saturated heterocycles. The lowest BCUT2D eigenvalue weighted by Gasteiger charge is -2.49. The lowest BCUT2D eigenvalue weighted by molar-refractivity contribution is 0.444. The first-order valence-electron chi connectivity index (χ1n) is 34.4. The first-order chi connectivity index (χ1) is 47.3. The number of nitrogens with zero attached hydrogens (tertiary/aromatic N) is 4. The maximum Gasteiger partial charge on any atom is 0.251 e. The zero-order valence-corrected chi connectivity index (χ0v) is 56.0. The Hall–Kier alpha value is -9.85. The fourth-order valence-electron chi connectivity index (χ4n) is 16.6. The van der Waals surface area contributed by atoms with Gasteiger partial charge in [-0.25, -0.2) is 0 Å². The van der Waals surface area contributed by atoms with Crippen molar-refractivity contribution in [3.63, 3.8) is 0 Å². The third-order valence-electron chi connectivity index (χ3n) is 21.0. The summed E-state index contributed by atoms with van der Waals surface area (Å²) in [6.45, 7) is 6.95. The largest absolute Gasteiger partial charge is 0.311 e. The Labute approximate surface area is 574 Å². The Balaban J connectivity index is 0.884. The van der Waals surface area contributed by atoms with Crippen LogP contribution in [0.25, 0.3) is 22.3 Å². The average Bonchev–Trinajstić information content (AvgIpc) is 0.696. The van der Waals surface area contributed by atoms with E-state index in [1.54, 1.807) is 0 Å². The van der Waals surface area contributed by atoms with Gasteiger partial charge < -0.3 is 19.6 Å². The summed E-state index contributed by atoms with van der Waals surface area (Å²) in [5.41, 5.74) is 28.5. The molecular weight excluding hydrogens is 1200 g/mol. The molecule has 6 aliphatic rings. The Bertz CT molecular complexity index is 4970. The van der Waals surface area contributed by atoms with Gasteiger partial charge in [0.05, 0.1) is 11.4 Å². The SMILES string of the molecule is CC(C)(C)c1ccc(-c2ccccc2N2C3=CC4Sc5cc(N(c6ccc(-c7ccccc7)cc6)c6ccccc6C6CCCCC6)cc6c5B(c5ccccc5S6)C4C=C3B3c4ccccc4N(c4ccccc4)c4cc(N(c5ccccc5)c5ccccc5)cc2c43)cc1. The number of allylic oxidation sites excluding steroid dienone is 2. The molecule has 4 heterocycles. The minimum absolute atomic E-state index is 0.00801. The van der Waals surface area contributed by atoms with Gasteiger partial charge in [0.1, 0.15) is 0 Å². The first-order valence-corrected chi connectivity index (χ1v) is 36.1. The summed E-state index contributed by atoms with van der Waals surface area (Å²) in [5.74, 6) is 0.646. The van der Waals surface area contributed by atoms with Crippen molar-refractivity contribution in [1.82, 2.24) is 0 Å². The fourth-order valence-corrected chi connectivity index (χ4v) is 19.3. The summed E-state index contributed by atoms with van der Waals surface area (Å²) in [5, 5.41) is 0.0726. The van der Waals surface area contributed by atoms with E-state index in [1.165, 1.54) is 147 Å². The summed E-state index contributed by atoms with van der Waals surface area (Å²) >= 11 is 4.05. The first kappa shape index (κ1) is 58.7. The van der Waals surface area contributed by atoms with Gasteiger partial charge in [0, 0.05) is 82.4 Å². The molecule has 0 spiro atoms. The Morgan fingerprint density at radius 1 is 0.417 bits per heavy atom. The maximum atomic E-state index is 2.79. The predicted molar refractivity (Wildman–Crippen MR) is 411 cm³/mol. The lowest BCUT2D eigenvalue weighted by Crippen LogP contribution is -2.59. The molecule has 1 saturated carbocycles. The Kier molecular flexibility index (Phi) is 14.7. The highest BCUT2D eigenvalue weighted by atomic mass is 32.2. The van der Waals surface area contributed by atoms with E-state index in [-0.39, 0.29) is 29.9 Å². The van der Waals surface area contributed by atoms with Crippen molar-refractivity contribution >= 4 is 121 Å². The van der Waals surface area contributed by atoms with E-state index in [4.69, 9.17) is 0 Å². The average molecular weight is 1270 g/mol. The number of para-hydroxylation sites is 6. The summed E-state index contributed by atoms with van der Waals surface area (Å²) in [4.78, 5) is 14.4. The predicted octanol–water partition coefficient (Wildman–Crippen LogP) is 21.8. The van der Waals surface area contributed by atoms with E-state index in [2.05, 4.69) is 355 Å². The zero-order chi connectivity index (χ0) is 64.0. The Morgan fingerprint density at radius 3 is 1.70 bits per heavy atom. The van der Waals surface area contributed by atoms with Crippen molar-refractivity contribution in [3.05, 3.63) is 326 Å². The van der Waals surface area contributed by atoms with Gasteiger partial charge in [-0.3, -0.25) is 0 Å². The van der Waals surface area contributed by atoms with Crippen molar-refractivity contribution in [1.29, 1.82) is 0 Å². The molecule has 462 valence electrons. The molecule has 12 aromatic rings. The van der Waals surface area contributed by atoms with Crippen LogP contribution in [0.1, 0.15) is 69.9 Å². The third-order valence-corrected chi connectivity index (χ3v) is 23.5. The van der Waals surface area contributed by atoms with Gasteiger partial charge in [0.25, 0.3) is 6.71 Å². The number of rotatable bonds is 11. The van der Waals surface area contributed by atoms with Crippen molar-refractivity contribution in [2.45, 2.75) is 90.0 Å². The molecular formula is C88H72B2N4S2. The lowest BCUT2D eigenvalue weighted by atomic mass is 9.28. The van der Waals surface area contributed by atoms with E-state index in [1.807, 2.05) is 11.8 Å². The van der Waals surface area contributed by atoms with Crippen LogP contribution < -0.4 is 41.5 Å². The fraction of sp³-hybridized carbons (Fsp3) is 0.136. The molecule has 2 aliphatic carbocycles. The van der Waals surface area contributed by atoms with Crippen LogP contribution in [0.15, 0.2) is 329 Å². The van der Waals surface area contributed by atoms with Crippen LogP contribution in [0.3, 0.4) is 0 Å². The minimum atomic E-state index is -0.0867. The van der Waals surface area contributed by atoms with Crippen LogP contribution in [-0.2, 0) is 5.41 Å². The standard InChI is InChI=1S/C88H72B2N4S2/c1-88(2,3)63-49-45-62(46-50-63)71-38-20-24-42-77(71)94-79-58-83-75(57-74(79)89-72-39-21-25-43-78(72)93(66-35-17-8-18-36-66)80-53-68(54-81(94)86(80)89)91(64-31-13-6-14-32-64)65-33-15-7-16-34-65)90-73-40-22-26-44-82(73)95-84-55-69(56-85(96-83)87(84)90)92(67-51-47-60(48-52-67)59-27-9-4-10-28-59)76-41-23-19-37-70(76)61-29-11-5-12-30-61/h4,6-10,13-28,31-58,61,75,83H,5,11-12,29-30H2,1-3H3. The van der Waals surface area contributed by atoms with Gasteiger partial charge in [-0.05, 0) is 183 Å². The highest BCUT2D eigenvalue weighted by Gasteiger charge is 2.52. The van der Waals surface area contributed by atoms with Crippen molar-refractivity contribution in [2.24, 2.45) is 0 Å². The van der Waals surface area contributed by atoms with Crippen molar-refractivity contribution < 1.29 is 0 Å². The minimum Gasteiger partial charge on any atom is -0.311 e. The van der Waals surface area contributed by atoms with Gasteiger partial charge in [0.2, 0.25) is 6.71 Å². The van der Waals surface area contributed by atoms with E-state index >= 15 is 0 Å².